The first-order valence-corrected chi connectivity index (χ1v) is 10.8. The third-order valence-electron chi connectivity index (χ3n) is 3.86. The Hall–Kier alpha value is -1.83. The molecule has 4 nitrogen and oxygen atoms in total. The second-order valence-corrected chi connectivity index (χ2v) is 7.97. The highest BCUT2D eigenvalue weighted by Gasteiger charge is 2.21. The zero-order valence-electron chi connectivity index (χ0n) is 13.6. The molecule has 2 heterocycles. The Bertz CT molecular complexity index is 855. The lowest BCUT2D eigenvalue weighted by molar-refractivity contribution is 0.313. The minimum Gasteiger partial charge on any atom is -0.489 e. The van der Waals surface area contributed by atoms with Crippen molar-refractivity contribution in [2.24, 2.45) is 0 Å². The van der Waals surface area contributed by atoms with Gasteiger partial charge in [0.2, 0.25) is 0 Å². The molecule has 25 heavy (non-hydrogen) atoms. The lowest BCUT2D eigenvalue weighted by Crippen LogP contribution is -2.28. The number of para-hydroxylation sites is 1. The van der Waals surface area contributed by atoms with Crippen molar-refractivity contribution in [3.63, 3.8) is 0 Å². The van der Waals surface area contributed by atoms with Gasteiger partial charge in [0.1, 0.15) is 12.4 Å². The number of aromatic nitrogens is 1. The second-order valence-electron chi connectivity index (χ2n) is 5.34. The third-order valence-corrected chi connectivity index (χ3v) is 6.25. The van der Waals surface area contributed by atoms with Gasteiger partial charge in [0.05, 0.1) is 17.9 Å². The van der Waals surface area contributed by atoms with E-state index in [1.54, 1.807) is 41.2 Å². The fourth-order valence-electron chi connectivity index (χ4n) is 2.74. The van der Waals surface area contributed by atoms with Crippen LogP contribution in [-0.4, -0.2) is 24.4 Å². The number of rotatable bonds is 5. The Balaban J connectivity index is 1.59. The van der Waals surface area contributed by atoms with Gasteiger partial charge >= 0.3 is 0 Å². The van der Waals surface area contributed by atoms with Gasteiger partial charge in [-0.2, -0.15) is 0 Å². The molecule has 2 aromatic carbocycles. The van der Waals surface area contributed by atoms with Gasteiger partial charge < -0.3 is 14.4 Å². The van der Waals surface area contributed by atoms with Crippen LogP contribution in [0.1, 0.15) is 0 Å². The van der Waals surface area contributed by atoms with Gasteiger partial charge in [-0.25, -0.2) is 4.98 Å². The average Bonchev–Trinajstić information content (AvgIpc) is 3.19. The van der Waals surface area contributed by atoms with Gasteiger partial charge in [0.25, 0.3) is 0 Å². The molecule has 0 saturated carbocycles. The largest absolute Gasteiger partial charge is 0.489 e. The topological polar surface area (TPSA) is 37.4 Å². The summed E-state index contributed by atoms with van der Waals surface area (Å²) in [5.74, 6) is 0.924. The van der Waals surface area contributed by atoms with Crippen LogP contribution in [0.4, 0.5) is 16.5 Å². The Labute approximate surface area is 159 Å². The van der Waals surface area contributed by atoms with Crippen LogP contribution in [0.3, 0.4) is 0 Å². The van der Waals surface area contributed by atoms with Crippen LogP contribution in [0.15, 0.2) is 63.8 Å². The molecule has 1 aromatic heterocycles. The van der Waals surface area contributed by atoms with Crippen molar-refractivity contribution in [3.8, 4) is 5.75 Å². The highest BCUT2D eigenvalue weighted by atomic mass is 32.2. The number of nitrogens with zero attached hydrogens (tertiary/aromatic N) is 2. The molecule has 0 bridgehead atoms. The number of thioether (sulfide) groups is 1. The maximum atomic E-state index is 5.92. The monoisotopic (exact) mass is 387 g/mol. The first-order valence-electron chi connectivity index (χ1n) is 7.85. The molecular weight excluding hydrogens is 370 g/mol. The van der Waals surface area contributed by atoms with E-state index in [0.717, 1.165) is 28.0 Å². The van der Waals surface area contributed by atoms with E-state index in [1.165, 1.54) is 10.6 Å². The van der Waals surface area contributed by atoms with Gasteiger partial charge in [-0.15, -0.1) is 23.1 Å². The zero-order valence-corrected chi connectivity index (χ0v) is 16.1. The summed E-state index contributed by atoms with van der Waals surface area (Å²) in [7, 11) is 0. The minimum absolute atomic E-state index is 0.684. The molecule has 0 unspecified atom stereocenters. The normalized spacial score (nSPS) is 13.2. The smallest absolute Gasteiger partial charge is 0.192 e. The first-order chi connectivity index (χ1) is 12.3. The summed E-state index contributed by atoms with van der Waals surface area (Å²) < 4.78 is 9.18. The number of hydrogen-bond donors (Lipinski definition) is 1. The van der Waals surface area contributed by atoms with Crippen molar-refractivity contribution in [2.75, 3.05) is 29.0 Å². The highest BCUT2D eigenvalue weighted by Crippen LogP contribution is 2.41. The minimum atomic E-state index is 0.684. The van der Waals surface area contributed by atoms with Crippen LogP contribution in [0.5, 0.6) is 5.75 Å². The molecule has 1 N–H and O–H groups in total. The van der Waals surface area contributed by atoms with E-state index in [9.17, 15) is 0 Å². The second kappa shape index (κ2) is 7.59. The first kappa shape index (κ1) is 16.6. The standard InChI is InChI=1S/C18H17N3OS3/c1-23-17-5-3-2-4-15(17)21-9-10-22-16-12-13(6-7-14(16)21)25-20-18-19-8-11-24-18/h2-8,11-12H,9-10H2,1H3,(H,19,20). The van der Waals surface area contributed by atoms with Crippen molar-refractivity contribution >= 4 is 51.6 Å². The summed E-state index contributed by atoms with van der Waals surface area (Å²) in [6.07, 6.45) is 3.91. The SMILES string of the molecule is CSc1ccccc1N1CCOc2cc(SNc3nccs3)ccc21. The van der Waals surface area contributed by atoms with Crippen LogP contribution in [0.25, 0.3) is 0 Å². The van der Waals surface area contributed by atoms with Gasteiger partial charge in [0, 0.05) is 21.4 Å². The highest BCUT2D eigenvalue weighted by molar-refractivity contribution is 8.00. The average molecular weight is 388 g/mol. The van der Waals surface area contributed by atoms with Gasteiger partial charge in [-0.3, -0.25) is 0 Å². The number of anilines is 3. The van der Waals surface area contributed by atoms with E-state index in [-0.39, 0.29) is 0 Å². The van der Waals surface area contributed by atoms with Crippen LogP contribution in [-0.2, 0) is 0 Å². The Morgan fingerprint density at radius 2 is 2.12 bits per heavy atom. The molecule has 0 radical (unpaired) electrons. The summed E-state index contributed by atoms with van der Waals surface area (Å²) in [6.45, 7) is 1.54. The van der Waals surface area contributed by atoms with Crippen molar-refractivity contribution < 1.29 is 4.74 Å². The van der Waals surface area contributed by atoms with Crippen molar-refractivity contribution in [3.05, 3.63) is 54.0 Å². The van der Waals surface area contributed by atoms with Crippen LogP contribution < -0.4 is 14.4 Å². The van der Waals surface area contributed by atoms with E-state index in [2.05, 4.69) is 63.3 Å². The fourth-order valence-corrected chi connectivity index (χ4v) is 4.60. The molecule has 0 atom stereocenters. The van der Waals surface area contributed by atoms with Gasteiger partial charge in [0.15, 0.2) is 5.13 Å². The predicted octanol–water partition coefficient (Wildman–Crippen LogP) is 5.51. The Morgan fingerprint density at radius 3 is 2.96 bits per heavy atom. The molecule has 1 aliphatic heterocycles. The van der Waals surface area contributed by atoms with Gasteiger partial charge in [-0.1, -0.05) is 12.1 Å². The molecule has 0 spiro atoms. The van der Waals surface area contributed by atoms with Crippen molar-refractivity contribution in [2.45, 2.75) is 9.79 Å². The summed E-state index contributed by atoms with van der Waals surface area (Å²) in [6, 6.07) is 14.9. The number of nitrogens with one attached hydrogen (secondary N) is 1. The molecular formula is C18H17N3OS3. The molecule has 0 aliphatic carbocycles. The zero-order chi connectivity index (χ0) is 17.1. The number of thiazole rings is 1. The Kier molecular flexibility index (Phi) is 5.05. The molecule has 1 aliphatic rings. The maximum Gasteiger partial charge on any atom is 0.192 e. The van der Waals surface area contributed by atoms with E-state index in [4.69, 9.17) is 4.74 Å². The van der Waals surface area contributed by atoms with Crippen LogP contribution in [0, 0.1) is 0 Å². The third kappa shape index (κ3) is 3.58. The van der Waals surface area contributed by atoms with E-state index in [0.29, 0.717) is 6.61 Å². The molecule has 3 aromatic rings. The van der Waals surface area contributed by atoms with Gasteiger partial charge in [-0.05, 0) is 48.5 Å². The van der Waals surface area contributed by atoms with Crippen LogP contribution >= 0.6 is 35.0 Å². The number of ether oxygens (including phenoxy) is 1. The fraction of sp³-hybridized carbons (Fsp3) is 0.167. The number of benzene rings is 2. The van der Waals surface area contributed by atoms with Crippen molar-refractivity contribution in [1.29, 1.82) is 0 Å². The molecule has 4 rings (SSSR count). The van der Waals surface area contributed by atoms with E-state index < -0.39 is 0 Å². The predicted molar refractivity (Wildman–Crippen MR) is 109 cm³/mol. The molecule has 7 heteroatoms. The van der Waals surface area contributed by atoms with Crippen LogP contribution in [0.2, 0.25) is 0 Å². The summed E-state index contributed by atoms with van der Waals surface area (Å²) in [5, 5.41) is 2.86. The summed E-state index contributed by atoms with van der Waals surface area (Å²) in [5.41, 5.74) is 2.35. The molecule has 0 amide bonds. The number of fused-ring (bicyclic) bond motifs is 1. The molecule has 128 valence electrons. The maximum absolute atomic E-state index is 5.92. The number of hydrogen-bond acceptors (Lipinski definition) is 7. The Morgan fingerprint density at radius 1 is 1.20 bits per heavy atom. The quantitative estimate of drug-likeness (QED) is 0.459. The van der Waals surface area contributed by atoms with E-state index >= 15 is 0 Å². The summed E-state index contributed by atoms with van der Waals surface area (Å²) >= 11 is 4.91. The van der Waals surface area contributed by atoms with E-state index in [1.807, 2.05) is 5.38 Å². The molecule has 0 saturated heterocycles. The lowest BCUT2D eigenvalue weighted by atomic mass is 10.2. The molecule has 0 fully saturated rings. The lowest BCUT2D eigenvalue weighted by Gasteiger charge is -2.32. The van der Waals surface area contributed by atoms with Crippen molar-refractivity contribution in [1.82, 2.24) is 4.98 Å². The summed E-state index contributed by atoms with van der Waals surface area (Å²) in [4.78, 5) is 8.96.